The van der Waals surface area contributed by atoms with Crippen LogP contribution in [-0.4, -0.2) is 59.0 Å². The molecule has 0 unspecified atom stereocenters. The summed E-state index contributed by atoms with van der Waals surface area (Å²) in [5.41, 5.74) is 1.12. The van der Waals surface area contributed by atoms with E-state index >= 15 is 0 Å². The van der Waals surface area contributed by atoms with Crippen LogP contribution in [-0.2, 0) is 11.2 Å². The van der Waals surface area contributed by atoms with Crippen LogP contribution in [0.4, 0.5) is 0 Å². The highest BCUT2D eigenvalue weighted by molar-refractivity contribution is 5.87. The van der Waals surface area contributed by atoms with Gasteiger partial charge in [0.15, 0.2) is 11.2 Å². The molecular formula is C22H31N5O5. The Kier molecular flexibility index (Phi) is 9.99. The van der Waals surface area contributed by atoms with Gasteiger partial charge in [0, 0.05) is 19.2 Å². The van der Waals surface area contributed by atoms with Gasteiger partial charge in [-0.15, -0.1) is 16.8 Å². The Morgan fingerprint density at radius 3 is 2.62 bits per heavy atom. The van der Waals surface area contributed by atoms with E-state index in [0.29, 0.717) is 35.7 Å². The molecule has 4 N–H and O–H groups in total. The molecule has 3 aromatic rings. The van der Waals surface area contributed by atoms with Crippen LogP contribution >= 0.6 is 0 Å². The quantitative estimate of drug-likeness (QED) is 0.524. The van der Waals surface area contributed by atoms with Crippen LogP contribution in [0.1, 0.15) is 25.8 Å². The zero-order chi connectivity index (χ0) is 22.1. The number of allylic oxidation sites excluding steroid dienone is 1. The lowest BCUT2D eigenvalue weighted by molar-refractivity contribution is 0.109. The molecule has 0 saturated carbocycles. The summed E-state index contributed by atoms with van der Waals surface area (Å²) >= 11 is 0. The van der Waals surface area contributed by atoms with Crippen molar-refractivity contribution < 1.29 is 19.4 Å². The molecule has 10 heteroatoms. The molecule has 0 bridgehead atoms. The number of morpholine rings is 1. The zero-order valence-corrected chi connectivity index (χ0v) is 18.5. The van der Waals surface area contributed by atoms with E-state index in [4.69, 9.17) is 13.9 Å². The summed E-state index contributed by atoms with van der Waals surface area (Å²) in [7, 11) is 0. The first-order chi connectivity index (χ1) is 15.1. The fraction of sp³-hybridized carbons (Fsp3) is 0.455. The predicted octanol–water partition coefficient (Wildman–Crippen LogP) is 1.91. The normalized spacial score (nSPS) is 13.2. The third-order valence-corrected chi connectivity index (χ3v) is 4.65. The monoisotopic (exact) mass is 445 g/mol. The number of hydrogen-bond acceptors (Lipinski definition) is 8. The summed E-state index contributed by atoms with van der Waals surface area (Å²) in [5.74, 6) is 1.54. The maximum absolute atomic E-state index is 12.7. The number of nitrogens with zero attached hydrogens (tertiary/aromatic N) is 3. The summed E-state index contributed by atoms with van der Waals surface area (Å²) in [6.45, 7) is 12.4. The van der Waals surface area contributed by atoms with E-state index in [1.165, 1.54) is 6.07 Å². The Labute approximate surface area is 186 Å². The smallest absolute Gasteiger partial charge is 0.239 e. The molecule has 0 radical (unpaired) electrons. The second-order valence-electron chi connectivity index (χ2n) is 7.52. The van der Waals surface area contributed by atoms with Crippen LogP contribution in [0.5, 0.6) is 5.75 Å². The second kappa shape index (κ2) is 12.7. The van der Waals surface area contributed by atoms with E-state index in [9.17, 15) is 4.79 Å². The van der Waals surface area contributed by atoms with Gasteiger partial charge < -0.3 is 24.7 Å². The SMILES string of the molecule is C1COCCN1.C=CCc1ccc(OCCC(C)C)c2c(=O)cc(-c3nn[nH]n3)oc12.O. The van der Waals surface area contributed by atoms with Gasteiger partial charge >= 0.3 is 0 Å². The number of aromatic nitrogens is 4. The Bertz CT molecular complexity index is 1020. The summed E-state index contributed by atoms with van der Waals surface area (Å²) in [5, 5.41) is 17.2. The lowest BCUT2D eigenvalue weighted by atomic mass is 10.1. The van der Waals surface area contributed by atoms with E-state index in [1.54, 1.807) is 6.08 Å². The molecule has 2 aromatic heterocycles. The summed E-state index contributed by atoms with van der Waals surface area (Å²) < 4.78 is 16.8. The maximum atomic E-state index is 12.7. The number of tetrazole rings is 1. The summed E-state index contributed by atoms with van der Waals surface area (Å²) in [6.07, 6.45) is 3.23. The van der Waals surface area contributed by atoms with Gasteiger partial charge in [0.1, 0.15) is 16.7 Å². The minimum atomic E-state index is -0.202. The van der Waals surface area contributed by atoms with Crippen molar-refractivity contribution in [2.45, 2.75) is 26.7 Å². The Morgan fingerprint density at radius 2 is 2.06 bits per heavy atom. The van der Waals surface area contributed by atoms with Gasteiger partial charge in [-0.1, -0.05) is 26.0 Å². The van der Waals surface area contributed by atoms with Crippen LogP contribution < -0.4 is 15.5 Å². The van der Waals surface area contributed by atoms with Crippen molar-refractivity contribution in [3.05, 3.63) is 46.6 Å². The van der Waals surface area contributed by atoms with Crippen molar-refractivity contribution in [2.24, 2.45) is 5.92 Å². The van der Waals surface area contributed by atoms with Gasteiger partial charge in [-0.2, -0.15) is 5.21 Å². The first-order valence-corrected chi connectivity index (χ1v) is 10.5. The fourth-order valence-corrected chi connectivity index (χ4v) is 3.02. The van der Waals surface area contributed by atoms with Crippen molar-refractivity contribution in [3.8, 4) is 17.3 Å². The van der Waals surface area contributed by atoms with Gasteiger partial charge in [-0.05, 0) is 35.6 Å². The molecule has 1 aliphatic rings. The number of fused-ring (bicyclic) bond motifs is 1. The highest BCUT2D eigenvalue weighted by Crippen LogP contribution is 2.29. The van der Waals surface area contributed by atoms with Gasteiger partial charge in [0.05, 0.1) is 19.8 Å². The molecule has 4 rings (SSSR count). The van der Waals surface area contributed by atoms with Crippen LogP contribution in [0.3, 0.4) is 0 Å². The molecule has 10 nitrogen and oxygen atoms in total. The first-order valence-electron chi connectivity index (χ1n) is 10.5. The van der Waals surface area contributed by atoms with Gasteiger partial charge in [0.2, 0.25) is 5.82 Å². The molecule has 1 aliphatic heterocycles. The van der Waals surface area contributed by atoms with Crippen LogP contribution in [0.25, 0.3) is 22.6 Å². The summed E-state index contributed by atoms with van der Waals surface area (Å²) in [4.78, 5) is 12.7. The highest BCUT2D eigenvalue weighted by atomic mass is 16.5. The molecule has 1 saturated heterocycles. The number of aromatic amines is 1. The molecule has 3 heterocycles. The zero-order valence-electron chi connectivity index (χ0n) is 18.5. The van der Waals surface area contributed by atoms with Crippen LogP contribution in [0.2, 0.25) is 0 Å². The van der Waals surface area contributed by atoms with Gasteiger partial charge in [-0.3, -0.25) is 4.79 Å². The molecule has 0 aliphatic carbocycles. The minimum absolute atomic E-state index is 0. The van der Waals surface area contributed by atoms with Crippen molar-refractivity contribution >= 4 is 11.0 Å². The largest absolute Gasteiger partial charge is 0.493 e. The number of hydrogen-bond donors (Lipinski definition) is 2. The maximum Gasteiger partial charge on any atom is 0.239 e. The molecule has 1 aromatic carbocycles. The van der Waals surface area contributed by atoms with Crippen LogP contribution in [0.15, 0.2) is 40.1 Å². The molecule has 174 valence electrons. The molecule has 0 amide bonds. The van der Waals surface area contributed by atoms with E-state index in [1.807, 2.05) is 12.1 Å². The van der Waals surface area contributed by atoms with Gasteiger partial charge in [-0.25, -0.2) is 0 Å². The average molecular weight is 446 g/mol. The lowest BCUT2D eigenvalue weighted by Crippen LogP contribution is -2.30. The number of nitrogens with one attached hydrogen (secondary N) is 2. The first kappa shape index (κ1) is 25.2. The highest BCUT2D eigenvalue weighted by Gasteiger charge is 2.17. The molecule has 0 spiro atoms. The predicted molar refractivity (Wildman–Crippen MR) is 122 cm³/mol. The third-order valence-electron chi connectivity index (χ3n) is 4.65. The van der Waals surface area contributed by atoms with Gasteiger partial charge in [0.25, 0.3) is 0 Å². The van der Waals surface area contributed by atoms with E-state index in [0.717, 1.165) is 38.3 Å². The van der Waals surface area contributed by atoms with Crippen molar-refractivity contribution in [2.75, 3.05) is 32.9 Å². The van der Waals surface area contributed by atoms with Crippen molar-refractivity contribution in [3.63, 3.8) is 0 Å². The fourth-order valence-electron chi connectivity index (χ4n) is 3.02. The topological polar surface area (TPSA) is 147 Å². The van der Waals surface area contributed by atoms with E-state index in [2.05, 4.69) is 46.4 Å². The molecular weight excluding hydrogens is 414 g/mol. The van der Waals surface area contributed by atoms with E-state index < -0.39 is 0 Å². The molecule has 1 fully saturated rings. The van der Waals surface area contributed by atoms with Crippen molar-refractivity contribution in [1.29, 1.82) is 0 Å². The standard InChI is InChI=1S/C18H20N4O3.C4H9NO.H2O/c1-4-5-12-6-7-14(24-9-8-11(2)3)16-13(23)10-15(25-17(12)16)18-19-21-22-20-18;1-3-6-4-2-5-1;/h4,6-7,10-11H,1,5,8-9H2,2-3H3,(H,19,20,21,22);5H,1-4H2;1H2. The molecule has 32 heavy (non-hydrogen) atoms. The van der Waals surface area contributed by atoms with Crippen molar-refractivity contribution in [1.82, 2.24) is 25.9 Å². The number of ether oxygens (including phenoxy) is 2. The lowest BCUT2D eigenvalue weighted by Gasteiger charge is -2.12. The number of rotatable bonds is 7. The Balaban J connectivity index is 0.000000450. The van der Waals surface area contributed by atoms with E-state index in [-0.39, 0.29) is 22.5 Å². The summed E-state index contributed by atoms with van der Waals surface area (Å²) in [6, 6.07) is 5.06. The number of H-pyrrole nitrogens is 1. The minimum Gasteiger partial charge on any atom is -0.493 e. The molecule has 0 atom stereocenters. The average Bonchev–Trinajstić information content (AvgIpc) is 3.31. The third kappa shape index (κ3) is 6.71. The second-order valence-corrected chi connectivity index (χ2v) is 7.52. The Morgan fingerprint density at radius 1 is 1.28 bits per heavy atom. The number of benzene rings is 1. The Hall–Kier alpha value is -3.08. The van der Waals surface area contributed by atoms with Crippen LogP contribution in [0, 0.1) is 5.92 Å².